The largest absolute Gasteiger partial charge is 4.00 e. The minimum Gasteiger partial charge on any atom is -1.00 e. The second kappa shape index (κ2) is 10.9. The van der Waals surface area contributed by atoms with Crippen LogP contribution in [0.1, 0.15) is 38.8 Å². The first-order valence-electron chi connectivity index (χ1n) is 8.24. The molecular formula is C21H28Cl2NSiTi. The summed E-state index contributed by atoms with van der Waals surface area (Å²) in [5.74, 6) is 0. The molecule has 1 aromatic heterocycles. The van der Waals surface area contributed by atoms with Crippen LogP contribution >= 0.6 is 0 Å². The van der Waals surface area contributed by atoms with E-state index in [1.165, 1.54) is 33.2 Å². The fourth-order valence-corrected chi connectivity index (χ4v) is 4.59. The second-order valence-electron chi connectivity index (χ2n) is 7.00. The maximum Gasteiger partial charge on any atom is 4.00 e. The minimum absolute atomic E-state index is 0. The second-order valence-corrected chi connectivity index (χ2v) is 10.00. The zero-order chi connectivity index (χ0) is 17.4. The molecule has 1 atom stereocenters. The Bertz CT molecular complexity index is 792. The van der Waals surface area contributed by atoms with Gasteiger partial charge in [-0.3, -0.25) is 6.08 Å². The molecule has 0 saturated heterocycles. The Hall–Kier alpha value is -0.249. The van der Waals surface area contributed by atoms with Gasteiger partial charge in [0, 0.05) is 8.80 Å². The van der Waals surface area contributed by atoms with E-state index in [1.54, 1.807) is 5.57 Å². The first kappa shape index (κ1) is 28.0. The van der Waals surface area contributed by atoms with Crippen LogP contribution < -0.4 is 24.8 Å². The average Bonchev–Trinajstić information content (AvgIpc) is 2.96. The number of benzene rings is 1. The van der Waals surface area contributed by atoms with Crippen molar-refractivity contribution in [1.82, 2.24) is 4.98 Å². The van der Waals surface area contributed by atoms with E-state index in [-0.39, 0.29) is 55.3 Å². The predicted molar refractivity (Wildman–Crippen MR) is 103 cm³/mol. The van der Waals surface area contributed by atoms with Crippen molar-refractivity contribution in [2.24, 2.45) is 0 Å². The molecule has 0 spiro atoms. The Morgan fingerprint density at radius 1 is 1.00 bits per heavy atom. The molecule has 1 aromatic carbocycles. The fraction of sp³-hybridized carbons (Fsp3) is 0.429. The number of H-pyrrole nitrogens is 1. The Morgan fingerprint density at radius 2 is 1.58 bits per heavy atom. The fourth-order valence-electron chi connectivity index (χ4n) is 3.21. The van der Waals surface area contributed by atoms with Crippen molar-refractivity contribution >= 4 is 19.7 Å². The molecule has 1 radical (unpaired) electrons. The molecule has 1 aliphatic carbocycles. The number of hydrogen-bond acceptors (Lipinski definition) is 0. The summed E-state index contributed by atoms with van der Waals surface area (Å²) in [6, 6.07) is 6.25. The molecule has 3 rings (SSSR count). The van der Waals surface area contributed by atoms with Crippen LogP contribution in [0.25, 0.3) is 10.9 Å². The summed E-state index contributed by atoms with van der Waals surface area (Å²) in [7, 11) is -0.314. The zero-order valence-corrected chi connectivity index (χ0v) is 21.1. The summed E-state index contributed by atoms with van der Waals surface area (Å²) < 4.78 is 0. The molecule has 1 heterocycles. The first-order chi connectivity index (χ1) is 10.7. The molecule has 1 aliphatic rings. The van der Waals surface area contributed by atoms with Gasteiger partial charge in [0.1, 0.15) is 0 Å². The maximum absolute atomic E-state index is 3.62. The third-order valence-corrected chi connectivity index (χ3v) is 7.84. The number of nitrogens with one attached hydrogen (secondary N) is 1. The van der Waals surface area contributed by atoms with E-state index in [1.807, 2.05) is 0 Å². The third kappa shape index (κ3) is 5.39. The standard InChI is InChI=1S/C11H18Si.C10H10N.2ClH.Ti/c1-8-7-11(4,12(5)6)10(3)9(8)2;1-7-4-3-5-9-10(7)8(2)6-11-9;;;/h1-6H3;3-5,11H,1-2H3;2*1H;/q2*-1;;;+4/p-2. The number of allylic oxidation sites excluding steroid dienone is 4. The number of aryl methyl sites for hydroxylation is 2. The summed E-state index contributed by atoms with van der Waals surface area (Å²) in [6.07, 6.45) is 6.71. The van der Waals surface area contributed by atoms with Crippen molar-refractivity contribution in [1.29, 1.82) is 0 Å². The molecule has 1 nitrogen and oxygen atoms in total. The molecule has 0 saturated carbocycles. The Morgan fingerprint density at radius 3 is 1.96 bits per heavy atom. The number of hydrogen-bond donors (Lipinski definition) is 1. The van der Waals surface area contributed by atoms with Gasteiger partial charge in [-0.25, -0.2) is 5.57 Å². The zero-order valence-electron chi connectivity index (χ0n) is 17.0. The predicted octanol–water partition coefficient (Wildman–Crippen LogP) is 0.191. The van der Waals surface area contributed by atoms with Gasteiger partial charge in [0.05, 0.1) is 0 Å². The van der Waals surface area contributed by atoms with E-state index >= 15 is 0 Å². The van der Waals surface area contributed by atoms with Crippen LogP contribution in [-0.2, 0) is 21.7 Å². The molecule has 0 bridgehead atoms. The van der Waals surface area contributed by atoms with Gasteiger partial charge in [0.15, 0.2) is 0 Å². The first-order valence-corrected chi connectivity index (χ1v) is 10.7. The quantitative estimate of drug-likeness (QED) is 0.481. The van der Waals surface area contributed by atoms with Crippen LogP contribution in [0.5, 0.6) is 0 Å². The van der Waals surface area contributed by atoms with Gasteiger partial charge >= 0.3 is 21.7 Å². The van der Waals surface area contributed by atoms with Crippen molar-refractivity contribution in [3.63, 3.8) is 0 Å². The van der Waals surface area contributed by atoms with Crippen molar-refractivity contribution < 1.29 is 46.5 Å². The normalized spacial score (nSPS) is 18.4. The van der Waals surface area contributed by atoms with Crippen molar-refractivity contribution in [3.8, 4) is 0 Å². The SMILES string of the molecule is CC1=[C-]C(C)([Si](C)C)C(C)=C1C.Cc1[c-][nH]c2cccc(C)c12.[Cl-].[Cl-].[Ti+4]. The molecule has 0 amide bonds. The summed E-state index contributed by atoms with van der Waals surface area (Å²) in [5.41, 5.74) is 8.07. The molecule has 0 fully saturated rings. The van der Waals surface area contributed by atoms with Gasteiger partial charge in [-0.05, 0) is 0 Å². The van der Waals surface area contributed by atoms with Crippen LogP contribution in [0.4, 0.5) is 0 Å². The van der Waals surface area contributed by atoms with Gasteiger partial charge in [-0.1, -0.05) is 64.9 Å². The number of rotatable bonds is 1. The van der Waals surface area contributed by atoms with E-state index in [4.69, 9.17) is 0 Å². The van der Waals surface area contributed by atoms with Gasteiger partial charge < -0.3 is 29.8 Å². The molecule has 26 heavy (non-hydrogen) atoms. The van der Waals surface area contributed by atoms with Crippen LogP contribution in [0.3, 0.4) is 0 Å². The molecule has 5 heteroatoms. The number of aromatic amines is 1. The van der Waals surface area contributed by atoms with Gasteiger partial charge in [-0.2, -0.15) is 16.7 Å². The number of fused-ring (bicyclic) bond motifs is 1. The molecule has 139 valence electrons. The van der Waals surface area contributed by atoms with Crippen molar-refractivity contribution in [2.75, 3.05) is 0 Å². The minimum atomic E-state index is -0.314. The molecule has 1 N–H and O–H groups in total. The number of halogens is 2. The average molecular weight is 441 g/mol. The Balaban J connectivity index is 0. The van der Waals surface area contributed by atoms with Crippen LogP contribution in [0.15, 0.2) is 34.9 Å². The van der Waals surface area contributed by atoms with Gasteiger partial charge in [0.2, 0.25) is 0 Å². The smallest absolute Gasteiger partial charge is 1.00 e. The monoisotopic (exact) mass is 440 g/mol. The molecule has 0 aliphatic heterocycles. The topological polar surface area (TPSA) is 15.8 Å². The van der Waals surface area contributed by atoms with E-state index < -0.39 is 0 Å². The summed E-state index contributed by atoms with van der Waals surface area (Å²) in [4.78, 5) is 3.10. The summed E-state index contributed by atoms with van der Waals surface area (Å²) in [6.45, 7) is 17.9. The molecule has 1 unspecified atom stereocenters. The van der Waals surface area contributed by atoms with E-state index in [0.29, 0.717) is 5.04 Å². The van der Waals surface area contributed by atoms with Crippen molar-refractivity contribution in [3.05, 3.63) is 58.3 Å². The summed E-state index contributed by atoms with van der Waals surface area (Å²) in [5, 5.41) is 1.60. The van der Waals surface area contributed by atoms with Gasteiger partial charge in [0.25, 0.3) is 0 Å². The van der Waals surface area contributed by atoms with Crippen LogP contribution in [-0.4, -0.2) is 13.8 Å². The maximum atomic E-state index is 3.62. The van der Waals surface area contributed by atoms with E-state index in [0.717, 1.165) is 0 Å². The van der Waals surface area contributed by atoms with Crippen LogP contribution in [0.2, 0.25) is 18.1 Å². The van der Waals surface area contributed by atoms with Gasteiger partial charge in [-0.15, -0.1) is 35.7 Å². The number of aromatic nitrogens is 1. The van der Waals surface area contributed by atoms with E-state index in [2.05, 4.69) is 90.1 Å². The summed E-state index contributed by atoms with van der Waals surface area (Å²) >= 11 is 0. The third-order valence-electron chi connectivity index (χ3n) is 5.34. The van der Waals surface area contributed by atoms with E-state index in [9.17, 15) is 0 Å². The Kier molecular flexibility index (Phi) is 11.7. The van der Waals surface area contributed by atoms with Crippen molar-refractivity contribution in [2.45, 2.75) is 59.7 Å². The molecule has 2 aromatic rings. The molecular weight excluding hydrogens is 413 g/mol. The Labute approximate surface area is 188 Å². The van der Waals surface area contributed by atoms with Crippen LogP contribution in [0, 0.1) is 26.1 Å².